The monoisotopic (exact) mass is 443 g/mol. The van der Waals surface area contributed by atoms with Crippen molar-refractivity contribution in [2.75, 3.05) is 38.0 Å². The number of carbonyl (C=O) groups is 2. The third-order valence-corrected chi connectivity index (χ3v) is 6.80. The Morgan fingerprint density at radius 1 is 1.03 bits per heavy atom. The molecule has 2 saturated heterocycles. The molecule has 2 fully saturated rings. The average molecular weight is 444 g/mol. The Balaban J connectivity index is 1.26. The van der Waals surface area contributed by atoms with E-state index in [9.17, 15) is 14.0 Å². The molecule has 2 aliphatic rings. The van der Waals surface area contributed by atoms with Crippen molar-refractivity contribution in [3.63, 3.8) is 0 Å². The quantitative estimate of drug-likeness (QED) is 0.756. The minimum atomic E-state index is -0.384. The molecule has 0 radical (unpaired) electrons. The number of aryl methyl sites for hydroxylation is 2. The van der Waals surface area contributed by atoms with E-state index in [0.717, 1.165) is 24.2 Å². The predicted octanol–water partition coefficient (Wildman–Crippen LogP) is 4.13. The first kappa shape index (κ1) is 21.8. The van der Waals surface area contributed by atoms with Crippen LogP contribution in [-0.2, 0) is 4.79 Å². The average Bonchev–Trinajstić information content (AvgIpc) is 3.29. The lowest BCUT2D eigenvalue weighted by molar-refractivity contribution is -0.116. The number of halogens is 2. The van der Waals surface area contributed by atoms with Crippen molar-refractivity contribution in [2.24, 2.45) is 11.8 Å². The van der Waals surface area contributed by atoms with Gasteiger partial charge in [0.1, 0.15) is 5.82 Å². The van der Waals surface area contributed by atoms with Crippen molar-refractivity contribution in [3.05, 3.63) is 63.9 Å². The fourth-order valence-electron chi connectivity index (χ4n) is 4.59. The Kier molecular flexibility index (Phi) is 6.30. The van der Waals surface area contributed by atoms with E-state index >= 15 is 0 Å². The molecule has 1 N–H and O–H groups in total. The standard InChI is InChI=1S/C24H27ClFN3O2/c1-15-3-5-19(26)9-21(15)24(31)29-13-17-11-28(12-18(17)14-29)8-7-23(30)27-20-6-4-16(2)22(25)10-20/h3-6,9-10,17-18H,7-8,11-14H2,1-2H3,(H,27,30). The van der Waals surface area contributed by atoms with Gasteiger partial charge < -0.3 is 15.1 Å². The zero-order chi connectivity index (χ0) is 22.1. The van der Waals surface area contributed by atoms with Gasteiger partial charge in [0.25, 0.3) is 5.91 Å². The summed E-state index contributed by atoms with van der Waals surface area (Å²) in [5.74, 6) is 0.295. The van der Waals surface area contributed by atoms with Crippen LogP contribution in [0, 0.1) is 31.5 Å². The minimum Gasteiger partial charge on any atom is -0.338 e. The highest BCUT2D eigenvalue weighted by atomic mass is 35.5. The van der Waals surface area contributed by atoms with Crippen LogP contribution in [0.1, 0.15) is 27.9 Å². The zero-order valence-electron chi connectivity index (χ0n) is 17.8. The number of rotatable bonds is 5. The maximum Gasteiger partial charge on any atom is 0.254 e. The number of nitrogens with one attached hydrogen (secondary N) is 1. The van der Waals surface area contributed by atoms with Gasteiger partial charge >= 0.3 is 0 Å². The van der Waals surface area contributed by atoms with E-state index in [4.69, 9.17) is 11.6 Å². The Bertz CT molecular complexity index is 998. The number of fused-ring (bicyclic) bond motifs is 1. The van der Waals surface area contributed by atoms with E-state index in [2.05, 4.69) is 10.2 Å². The number of hydrogen-bond donors (Lipinski definition) is 1. The van der Waals surface area contributed by atoms with Crippen LogP contribution in [0.15, 0.2) is 36.4 Å². The Morgan fingerprint density at radius 3 is 2.39 bits per heavy atom. The molecular formula is C24H27ClFN3O2. The number of carbonyl (C=O) groups excluding carboxylic acids is 2. The Labute approximate surface area is 187 Å². The van der Waals surface area contributed by atoms with Crippen LogP contribution in [0.25, 0.3) is 0 Å². The summed E-state index contributed by atoms with van der Waals surface area (Å²) in [5, 5.41) is 3.54. The molecule has 2 atom stereocenters. The van der Waals surface area contributed by atoms with Gasteiger partial charge in [0.15, 0.2) is 0 Å². The molecule has 2 aromatic rings. The summed E-state index contributed by atoms with van der Waals surface area (Å²) in [4.78, 5) is 29.3. The molecule has 0 bridgehead atoms. The Morgan fingerprint density at radius 2 is 1.71 bits per heavy atom. The van der Waals surface area contributed by atoms with Gasteiger partial charge in [0, 0.05) is 55.4 Å². The first-order valence-corrected chi connectivity index (χ1v) is 11.0. The molecule has 7 heteroatoms. The highest BCUT2D eigenvalue weighted by Gasteiger charge is 2.41. The van der Waals surface area contributed by atoms with Crippen molar-refractivity contribution in [2.45, 2.75) is 20.3 Å². The van der Waals surface area contributed by atoms with E-state index in [1.54, 1.807) is 12.1 Å². The largest absolute Gasteiger partial charge is 0.338 e. The lowest BCUT2D eigenvalue weighted by Crippen LogP contribution is -2.34. The number of likely N-dealkylation sites (tertiary alicyclic amines) is 2. The van der Waals surface area contributed by atoms with Gasteiger partial charge in [-0.05, 0) is 61.1 Å². The van der Waals surface area contributed by atoms with Crippen LogP contribution in [0.2, 0.25) is 5.02 Å². The van der Waals surface area contributed by atoms with Gasteiger partial charge in [-0.3, -0.25) is 9.59 Å². The van der Waals surface area contributed by atoms with Crippen molar-refractivity contribution >= 4 is 29.1 Å². The van der Waals surface area contributed by atoms with E-state index in [1.165, 1.54) is 12.1 Å². The van der Waals surface area contributed by atoms with Gasteiger partial charge in [-0.15, -0.1) is 0 Å². The molecule has 31 heavy (non-hydrogen) atoms. The van der Waals surface area contributed by atoms with Crippen LogP contribution in [0.5, 0.6) is 0 Å². The summed E-state index contributed by atoms with van der Waals surface area (Å²) in [5.41, 5.74) is 2.93. The van der Waals surface area contributed by atoms with Gasteiger partial charge in [-0.1, -0.05) is 23.7 Å². The summed E-state index contributed by atoms with van der Waals surface area (Å²) in [7, 11) is 0. The van der Waals surface area contributed by atoms with Crippen molar-refractivity contribution in [1.82, 2.24) is 9.80 Å². The van der Waals surface area contributed by atoms with E-state index in [1.807, 2.05) is 30.9 Å². The summed E-state index contributed by atoms with van der Waals surface area (Å²) in [6.07, 6.45) is 0.413. The van der Waals surface area contributed by atoms with Gasteiger partial charge in [0.05, 0.1) is 0 Å². The number of anilines is 1. The molecule has 0 saturated carbocycles. The smallest absolute Gasteiger partial charge is 0.254 e. The summed E-state index contributed by atoms with van der Waals surface area (Å²) >= 11 is 6.12. The topological polar surface area (TPSA) is 52.7 Å². The molecule has 4 rings (SSSR count). The zero-order valence-corrected chi connectivity index (χ0v) is 18.6. The molecule has 0 aliphatic carbocycles. The van der Waals surface area contributed by atoms with E-state index in [-0.39, 0.29) is 17.6 Å². The molecule has 5 nitrogen and oxygen atoms in total. The second kappa shape index (κ2) is 8.97. The molecule has 2 heterocycles. The van der Waals surface area contributed by atoms with Gasteiger partial charge in [-0.25, -0.2) is 4.39 Å². The molecule has 2 aliphatic heterocycles. The van der Waals surface area contributed by atoms with Crippen molar-refractivity contribution in [1.29, 1.82) is 0 Å². The summed E-state index contributed by atoms with van der Waals surface area (Å²) in [6, 6.07) is 9.87. The normalized spacial score (nSPS) is 20.7. The van der Waals surface area contributed by atoms with Crippen molar-refractivity contribution < 1.29 is 14.0 Å². The van der Waals surface area contributed by atoms with Gasteiger partial charge in [0.2, 0.25) is 5.91 Å². The molecule has 0 aromatic heterocycles. The maximum absolute atomic E-state index is 13.6. The maximum atomic E-state index is 13.6. The van der Waals surface area contributed by atoms with E-state index < -0.39 is 0 Å². The molecule has 164 valence electrons. The summed E-state index contributed by atoms with van der Waals surface area (Å²) < 4.78 is 13.6. The minimum absolute atomic E-state index is 0.0321. The predicted molar refractivity (Wildman–Crippen MR) is 120 cm³/mol. The first-order chi connectivity index (χ1) is 14.8. The number of hydrogen-bond acceptors (Lipinski definition) is 3. The third-order valence-electron chi connectivity index (χ3n) is 6.39. The van der Waals surface area contributed by atoms with Crippen LogP contribution in [-0.4, -0.2) is 54.3 Å². The highest BCUT2D eigenvalue weighted by Crippen LogP contribution is 2.32. The number of nitrogens with zero attached hydrogens (tertiary/aromatic N) is 2. The second-order valence-corrected chi connectivity index (χ2v) is 9.12. The van der Waals surface area contributed by atoms with Crippen LogP contribution >= 0.6 is 11.6 Å². The van der Waals surface area contributed by atoms with Crippen LogP contribution in [0.3, 0.4) is 0 Å². The SMILES string of the molecule is Cc1ccc(NC(=O)CCN2CC3CN(C(=O)c4cc(F)ccc4C)CC3C2)cc1Cl. The summed E-state index contributed by atoms with van der Waals surface area (Å²) in [6.45, 7) is 7.57. The van der Waals surface area contributed by atoms with Crippen molar-refractivity contribution in [3.8, 4) is 0 Å². The molecule has 2 aromatic carbocycles. The Hall–Kier alpha value is -2.44. The van der Waals surface area contributed by atoms with Crippen LogP contribution in [0.4, 0.5) is 10.1 Å². The second-order valence-electron chi connectivity index (χ2n) is 8.71. The van der Waals surface area contributed by atoms with E-state index in [0.29, 0.717) is 54.2 Å². The highest BCUT2D eigenvalue weighted by molar-refractivity contribution is 6.31. The van der Waals surface area contributed by atoms with Crippen LogP contribution < -0.4 is 5.32 Å². The number of benzene rings is 2. The molecule has 2 unspecified atom stereocenters. The number of amides is 2. The third kappa shape index (κ3) is 4.91. The first-order valence-electron chi connectivity index (χ1n) is 10.6. The molecule has 2 amide bonds. The van der Waals surface area contributed by atoms with Gasteiger partial charge in [-0.2, -0.15) is 0 Å². The molecule has 0 spiro atoms. The lowest BCUT2D eigenvalue weighted by atomic mass is 10.0. The fourth-order valence-corrected chi connectivity index (χ4v) is 4.77. The fraction of sp³-hybridized carbons (Fsp3) is 0.417. The lowest BCUT2D eigenvalue weighted by Gasteiger charge is -2.22. The molecular weight excluding hydrogens is 417 g/mol.